The summed E-state index contributed by atoms with van der Waals surface area (Å²) in [7, 11) is 0. The van der Waals surface area contributed by atoms with Crippen molar-refractivity contribution in [3.63, 3.8) is 0 Å². The topological polar surface area (TPSA) is 118 Å². The monoisotopic (exact) mass is 634 g/mol. The standard InChI is InChI=1S/C32H32ClFN6O5/c1-32(22-6-5-19(33)13-23(22)34)43-27-4-2-3-21(29(27)44-32)18-7-10-39(11-8-18)17-28-36-25-15-35-24(30-37-31(41)45-38-30)14-26(25)40(28)16-20-9-12-42-20/h2-6,13-15,18,20,28,36H,7-12,16-17H2,1H3,(H,37,38,41)/t20-,28?,32-/m0/s1. The van der Waals surface area contributed by atoms with E-state index in [0.29, 0.717) is 33.6 Å². The minimum atomic E-state index is -1.28. The minimum absolute atomic E-state index is 0.0295. The van der Waals surface area contributed by atoms with Crippen LogP contribution in [0.15, 0.2) is 58.0 Å². The Morgan fingerprint density at radius 2 is 1.96 bits per heavy atom. The number of anilines is 2. The maximum absolute atomic E-state index is 14.9. The quantitative estimate of drug-likeness (QED) is 0.285. The molecule has 0 radical (unpaired) electrons. The molecule has 2 N–H and O–H groups in total. The Morgan fingerprint density at radius 3 is 2.69 bits per heavy atom. The Morgan fingerprint density at radius 1 is 1.11 bits per heavy atom. The van der Waals surface area contributed by atoms with Crippen molar-refractivity contribution in [2.75, 3.05) is 43.0 Å². The van der Waals surface area contributed by atoms with Gasteiger partial charge in [0.15, 0.2) is 11.5 Å². The van der Waals surface area contributed by atoms with Crippen LogP contribution < -0.4 is 25.4 Å². The van der Waals surface area contributed by atoms with Crippen molar-refractivity contribution >= 4 is 23.0 Å². The van der Waals surface area contributed by atoms with Crippen LogP contribution in [0.4, 0.5) is 15.8 Å². The molecule has 4 aliphatic rings. The molecule has 8 rings (SSSR count). The number of hydrogen-bond donors (Lipinski definition) is 2. The van der Waals surface area contributed by atoms with Gasteiger partial charge in [0.05, 0.1) is 29.2 Å². The number of likely N-dealkylation sites (tertiary alicyclic amines) is 1. The van der Waals surface area contributed by atoms with Crippen molar-refractivity contribution in [1.82, 2.24) is 20.0 Å². The zero-order chi connectivity index (χ0) is 30.7. The second-order valence-corrected chi connectivity index (χ2v) is 12.6. The Labute approximate surface area is 263 Å². The average Bonchev–Trinajstić information content (AvgIpc) is 3.69. The second kappa shape index (κ2) is 11.0. The molecular formula is C32H32ClFN6O5. The van der Waals surface area contributed by atoms with Crippen LogP contribution in [-0.4, -0.2) is 65.1 Å². The van der Waals surface area contributed by atoms with Crippen molar-refractivity contribution in [2.45, 2.75) is 50.2 Å². The number of nitrogens with zero attached hydrogens (tertiary/aromatic N) is 4. The highest BCUT2D eigenvalue weighted by atomic mass is 35.5. The molecule has 2 fully saturated rings. The minimum Gasteiger partial charge on any atom is -0.444 e. The fourth-order valence-electron chi connectivity index (χ4n) is 6.81. The summed E-state index contributed by atoms with van der Waals surface area (Å²) in [5.74, 6) is -0.470. The molecule has 2 aromatic carbocycles. The van der Waals surface area contributed by atoms with E-state index < -0.39 is 17.4 Å². The molecule has 4 aliphatic heterocycles. The number of para-hydroxylation sites is 1. The second-order valence-electron chi connectivity index (χ2n) is 12.1. The Bertz CT molecular complexity index is 1800. The van der Waals surface area contributed by atoms with Gasteiger partial charge in [-0.2, -0.15) is 0 Å². The van der Waals surface area contributed by atoms with Crippen LogP contribution in [0.3, 0.4) is 0 Å². The van der Waals surface area contributed by atoms with E-state index in [4.69, 9.17) is 30.3 Å². The first-order valence-corrected chi connectivity index (χ1v) is 15.6. The van der Waals surface area contributed by atoms with Crippen LogP contribution in [-0.2, 0) is 10.5 Å². The van der Waals surface area contributed by atoms with Crippen LogP contribution in [0.1, 0.15) is 43.2 Å². The molecule has 234 valence electrons. The molecule has 45 heavy (non-hydrogen) atoms. The van der Waals surface area contributed by atoms with Crippen LogP contribution in [0.25, 0.3) is 11.5 Å². The highest BCUT2D eigenvalue weighted by Gasteiger charge is 2.43. The van der Waals surface area contributed by atoms with Gasteiger partial charge in [-0.3, -0.25) is 19.4 Å². The summed E-state index contributed by atoms with van der Waals surface area (Å²) in [6.45, 7) is 5.90. The van der Waals surface area contributed by atoms with Crippen LogP contribution in [0.2, 0.25) is 5.02 Å². The summed E-state index contributed by atoms with van der Waals surface area (Å²) in [5.41, 5.74) is 3.86. The van der Waals surface area contributed by atoms with E-state index in [1.54, 1.807) is 25.3 Å². The van der Waals surface area contributed by atoms with Gasteiger partial charge < -0.3 is 24.4 Å². The number of piperidine rings is 1. The normalized spacial score (nSPS) is 24.4. The first-order chi connectivity index (χ1) is 21.8. The number of benzene rings is 2. The van der Waals surface area contributed by atoms with E-state index in [1.807, 2.05) is 18.2 Å². The molecule has 2 saturated heterocycles. The third-order valence-corrected chi connectivity index (χ3v) is 9.49. The fourth-order valence-corrected chi connectivity index (χ4v) is 6.97. The lowest BCUT2D eigenvalue weighted by atomic mass is 9.88. The number of aromatic amines is 1. The van der Waals surface area contributed by atoms with Gasteiger partial charge in [-0.25, -0.2) is 9.18 Å². The van der Waals surface area contributed by atoms with Gasteiger partial charge in [0.1, 0.15) is 17.7 Å². The average molecular weight is 635 g/mol. The summed E-state index contributed by atoms with van der Waals surface area (Å²) in [6, 6.07) is 12.4. The van der Waals surface area contributed by atoms with Crippen molar-refractivity contribution in [1.29, 1.82) is 0 Å². The molecule has 6 heterocycles. The fraction of sp³-hybridized carbons (Fsp3) is 0.406. The molecule has 3 atom stereocenters. The van der Waals surface area contributed by atoms with Crippen LogP contribution in [0, 0.1) is 5.82 Å². The van der Waals surface area contributed by atoms with Crippen LogP contribution >= 0.6 is 11.6 Å². The predicted molar refractivity (Wildman–Crippen MR) is 164 cm³/mol. The first kappa shape index (κ1) is 28.4. The number of hydrogen-bond acceptors (Lipinski definition) is 10. The molecule has 13 heteroatoms. The largest absolute Gasteiger partial charge is 0.444 e. The molecule has 1 unspecified atom stereocenters. The molecular weight excluding hydrogens is 603 g/mol. The number of nitrogens with one attached hydrogen (secondary N) is 2. The van der Waals surface area contributed by atoms with Crippen molar-refractivity contribution in [3.8, 4) is 23.0 Å². The van der Waals surface area contributed by atoms with Crippen molar-refractivity contribution < 1.29 is 23.1 Å². The molecule has 4 aromatic rings. The SMILES string of the molecule is C[C@]1(c2ccc(Cl)cc2F)Oc2cccc(C3CCN(CC4Nc5cnc(-c6noc(=O)[nH]6)cc5N4C[C@@H]4CCO4)CC3)c2O1. The zero-order valence-electron chi connectivity index (χ0n) is 24.6. The molecule has 2 aromatic heterocycles. The number of halogens is 2. The van der Waals surface area contributed by atoms with Gasteiger partial charge in [0, 0.05) is 37.2 Å². The lowest BCUT2D eigenvalue weighted by Gasteiger charge is -2.38. The summed E-state index contributed by atoms with van der Waals surface area (Å²) in [4.78, 5) is 23.4. The molecule has 11 nitrogen and oxygen atoms in total. The molecule has 0 bridgehead atoms. The van der Waals surface area contributed by atoms with Crippen LogP contribution in [0.5, 0.6) is 11.5 Å². The van der Waals surface area contributed by atoms with Crippen molar-refractivity contribution in [2.24, 2.45) is 0 Å². The Balaban J connectivity index is 0.961. The highest BCUT2D eigenvalue weighted by molar-refractivity contribution is 6.30. The highest BCUT2D eigenvalue weighted by Crippen LogP contribution is 2.50. The molecule has 0 amide bonds. The maximum atomic E-state index is 14.9. The summed E-state index contributed by atoms with van der Waals surface area (Å²) >= 11 is 5.99. The maximum Gasteiger partial charge on any atom is 0.439 e. The number of pyridine rings is 1. The first-order valence-electron chi connectivity index (χ1n) is 15.2. The smallest absolute Gasteiger partial charge is 0.439 e. The molecule has 0 spiro atoms. The number of H-pyrrole nitrogens is 1. The third kappa shape index (κ3) is 5.20. The molecule has 0 saturated carbocycles. The van der Waals surface area contributed by atoms with E-state index >= 15 is 0 Å². The number of rotatable bonds is 7. The zero-order valence-corrected chi connectivity index (χ0v) is 25.3. The van der Waals surface area contributed by atoms with Gasteiger partial charge in [-0.1, -0.05) is 28.9 Å². The lowest BCUT2D eigenvalue weighted by molar-refractivity contribution is -0.0712. The summed E-state index contributed by atoms with van der Waals surface area (Å²) in [6.07, 6.45) is 4.89. The van der Waals surface area contributed by atoms with Gasteiger partial charge >= 0.3 is 5.76 Å². The lowest BCUT2D eigenvalue weighted by Crippen LogP contribution is -2.51. The molecule has 0 aliphatic carbocycles. The van der Waals surface area contributed by atoms with E-state index in [9.17, 15) is 9.18 Å². The van der Waals surface area contributed by atoms with Gasteiger partial charge in [-0.15, -0.1) is 0 Å². The summed E-state index contributed by atoms with van der Waals surface area (Å²) in [5, 5.41) is 7.78. The number of fused-ring (bicyclic) bond motifs is 2. The van der Waals surface area contributed by atoms with E-state index in [2.05, 4.69) is 36.3 Å². The van der Waals surface area contributed by atoms with E-state index in [1.165, 1.54) is 6.07 Å². The summed E-state index contributed by atoms with van der Waals surface area (Å²) < 4.78 is 37.9. The predicted octanol–water partition coefficient (Wildman–Crippen LogP) is 5.09. The number of aromatic nitrogens is 3. The number of ether oxygens (including phenoxy) is 3. The van der Waals surface area contributed by atoms with E-state index in [0.717, 1.165) is 69.0 Å². The van der Waals surface area contributed by atoms with Gasteiger partial charge in [0.25, 0.3) is 5.79 Å². The third-order valence-electron chi connectivity index (χ3n) is 9.26. The van der Waals surface area contributed by atoms with Gasteiger partial charge in [0.2, 0.25) is 5.82 Å². The van der Waals surface area contributed by atoms with E-state index in [-0.39, 0.29) is 18.2 Å². The van der Waals surface area contributed by atoms with Crippen molar-refractivity contribution in [3.05, 3.63) is 81.2 Å². The Hall–Kier alpha value is -4.13. The van der Waals surface area contributed by atoms with Gasteiger partial charge in [-0.05, 0) is 68.6 Å². The Kier molecular flexibility index (Phi) is 6.95.